The second-order valence-corrected chi connectivity index (χ2v) is 3.33. The summed E-state index contributed by atoms with van der Waals surface area (Å²) in [6.07, 6.45) is 0. The van der Waals surface area contributed by atoms with Crippen LogP contribution in [-0.4, -0.2) is 0 Å². The predicted molar refractivity (Wildman–Crippen MR) is 68.1 cm³/mol. The molecular weight excluding hydrogens is 206 g/mol. The van der Waals surface area contributed by atoms with E-state index >= 15 is 0 Å². The number of benzene rings is 3. The number of hydrogen-bond acceptors (Lipinski definition) is 0. The van der Waals surface area contributed by atoms with Crippen LogP contribution in [0.25, 0.3) is 10.8 Å². The van der Waals surface area contributed by atoms with Gasteiger partial charge < -0.3 is 0 Å². The molecule has 0 radical (unpaired) electrons. The van der Waals surface area contributed by atoms with Gasteiger partial charge in [-0.05, 0) is 0 Å². The molecule has 0 nitrogen and oxygen atoms in total. The van der Waals surface area contributed by atoms with E-state index in [2.05, 4.69) is 30.3 Å². The number of rotatable bonds is 0. The molecule has 0 aliphatic heterocycles. The van der Waals surface area contributed by atoms with Gasteiger partial charge in [0.2, 0.25) is 0 Å². The molecule has 3 rings (SSSR count). The van der Waals surface area contributed by atoms with E-state index in [-0.39, 0.29) is 37.7 Å². The van der Waals surface area contributed by atoms with E-state index < -0.39 is 0 Å². The Kier molecular flexibility index (Phi) is 9.58. The number of hydrogen-bond donors (Lipinski definition) is 0. The molecule has 0 atom stereocenters. The van der Waals surface area contributed by atoms with Crippen molar-refractivity contribution < 1.29 is 37.7 Å². The van der Waals surface area contributed by atoms with E-state index in [4.69, 9.17) is 0 Å². The molecular formula is C16H12Li2. The summed E-state index contributed by atoms with van der Waals surface area (Å²) >= 11 is 0. The predicted octanol–water partition coefficient (Wildman–Crippen LogP) is -1.87. The van der Waals surface area contributed by atoms with E-state index in [9.17, 15) is 0 Å². The smallest absolute Gasteiger partial charge is 0.184 e. The molecule has 0 bridgehead atoms. The SMILES string of the molecule is [Li+].[Li+].[c-]1cccc2ccccc12.[c-]1ccccc1. The van der Waals surface area contributed by atoms with Crippen molar-refractivity contribution >= 4 is 10.8 Å². The Morgan fingerprint density at radius 3 is 1.83 bits per heavy atom. The average Bonchev–Trinajstić information content (AvgIpc) is 2.42. The van der Waals surface area contributed by atoms with Crippen LogP contribution in [0, 0.1) is 12.1 Å². The first-order valence-electron chi connectivity index (χ1n) is 5.23. The monoisotopic (exact) mass is 218 g/mol. The Balaban J connectivity index is 0.000000319. The van der Waals surface area contributed by atoms with Gasteiger partial charge in [0, 0.05) is 0 Å². The van der Waals surface area contributed by atoms with Crippen molar-refractivity contribution in [2.75, 3.05) is 0 Å². The molecule has 0 unspecified atom stereocenters. The van der Waals surface area contributed by atoms with Crippen molar-refractivity contribution in [1.82, 2.24) is 0 Å². The fourth-order valence-electron chi connectivity index (χ4n) is 1.41. The van der Waals surface area contributed by atoms with Crippen LogP contribution in [0.5, 0.6) is 0 Å². The van der Waals surface area contributed by atoms with Crippen molar-refractivity contribution in [1.29, 1.82) is 0 Å². The second-order valence-electron chi connectivity index (χ2n) is 3.33. The third kappa shape index (κ3) is 5.64. The average molecular weight is 218 g/mol. The maximum atomic E-state index is 3.15. The van der Waals surface area contributed by atoms with E-state index in [0.29, 0.717) is 0 Å². The first kappa shape index (κ1) is 17.1. The molecule has 0 aromatic heterocycles. The maximum Gasteiger partial charge on any atom is 1.00 e. The van der Waals surface area contributed by atoms with E-state index in [1.807, 2.05) is 54.6 Å². The minimum absolute atomic E-state index is 0. The third-order valence-corrected chi connectivity index (χ3v) is 2.18. The Hall–Kier alpha value is -0.885. The van der Waals surface area contributed by atoms with Crippen LogP contribution < -0.4 is 37.7 Å². The Morgan fingerprint density at radius 2 is 1.28 bits per heavy atom. The molecule has 3 aromatic carbocycles. The minimum Gasteiger partial charge on any atom is -0.184 e. The van der Waals surface area contributed by atoms with Gasteiger partial charge in [-0.2, -0.15) is 36.4 Å². The van der Waals surface area contributed by atoms with Crippen molar-refractivity contribution in [3.8, 4) is 0 Å². The van der Waals surface area contributed by atoms with Gasteiger partial charge in [0.05, 0.1) is 0 Å². The summed E-state index contributed by atoms with van der Waals surface area (Å²) in [4.78, 5) is 0. The van der Waals surface area contributed by atoms with E-state index in [1.165, 1.54) is 10.8 Å². The Morgan fingerprint density at radius 1 is 0.611 bits per heavy atom. The second kappa shape index (κ2) is 10.1. The molecule has 0 N–H and O–H groups in total. The third-order valence-electron chi connectivity index (χ3n) is 2.18. The fourth-order valence-corrected chi connectivity index (χ4v) is 1.41. The molecule has 18 heavy (non-hydrogen) atoms. The summed E-state index contributed by atoms with van der Waals surface area (Å²) in [7, 11) is 0. The molecule has 3 aromatic rings. The first-order valence-corrected chi connectivity index (χ1v) is 5.23. The molecule has 0 amide bonds. The van der Waals surface area contributed by atoms with Crippen LogP contribution >= 0.6 is 0 Å². The summed E-state index contributed by atoms with van der Waals surface area (Å²) < 4.78 is 0. The first-order chi connectivity index (χ1) is 7.97. The largest absolute Gasteiger partial charge is 1.00 e. The fraction of sp³-hybridized carbons (Fsp3) is 0. The molecule has 0 saturated heterocycles. The van der Waals surface area contributed by atoms with E-state index in [0.717, 1.165) is 0 Å². The molecule has 2 heteroatoms. The van der Waals surface area contributed by atoms with Crippen LogP contribution in [0.4, 0.5) is 0 Å². The van der Waals surface area contributed by atoms with Crippen molar-refractivity contribution in [3.05, 3.63) is 84.9 Å². The van der Waals surface area contributed by atoms with Gasteiger partial charge in [-0.1, -0.05) is 12.1 Å². The van der Waals surface area contributed by atoms with Gasteiger partial charge in [-0.15, -0.1) is 47.2 Å². The van der Waals surface area contributed by atoms with Gasteiger partial charge in [0.15, 0.2) is 0 Å². The van der Waals surface area contributed by atoms with Crippen molar-refractivity contribution in [3.63, 3.8) is 0 Å². The normalized spacial score (nSPS) is 8.22. The quantitative estimate of drug-likeness (QED) is 0.306. The summed E-state index contributed by atoms with van der Waals surface area (Å²) in [6.45, 7) is 0. The molecule has 78 valence electrons. The topological polar surface area (TPSA) is 0 Å². The van der Waals surface area contributed by atoms with Gasteiger partial charge in [-0.25, -0.2) is 0 Å². The molecule has 0 spiro atoms. The van der Waals surface area contributed by atoms with Gasteiger partial charge in [0.25, 0.3) is 0 Å². The molecule has 0 fully saturated rings. The summed E-state index contributed by atoms with van der Waals surface area (Å²) in [5.74, 6) is 0. The Bertz CT molecular complexity index is 443. The molecule has 0 aliphatic rings. The Labute approximate surface area is 133 Å². The van der Waals surface area contributed by atoms with Crippen LogP contribution in [0.2, 0.25) is 0 Å². The zero-order chi connectivity index (χ0) is 11.1. The van der Waals surface area contributed by atoms with Crippen LogP contribution in [0.3, 0.4) is 0 Å². The van der Waals surface area contributed by atoms with Crippen molar-refractivity contribution in [2.45, 2.75) is 0 Å². The zero-order valence-corrected chi connectivity index (χ0v) is 10.9. The van der Waals surface area contributed by atoms with E-state index in [1.54, 1.807) is 0 Å². The van der Waals surface area contributed by atoms with Crippen LogP contribution in [0.15, 0.2) is 72.8 Å². The van der Waals surface area contributed by atoms with Gasteiger partial charge in [-0.3, -0.25) is 0 Å². The molecule has 0 heterocycles. The number of fused-ring (bicyclic) bond motifs is 1. The molecule has 0 aliphatic carbocycles. The van der Waals surface area contributed by atoms with Gasteiger partial charge in [0.1, 0.15) is 0 Å². The zero-order valence-electron chi connectivity index (χ0n) is 10.9. The van der Waals surface area contributed by atoms with Crippen LogP contribution in [-0.2, 0) is 0 Å². The maximum absolute atomic E-state index is 3.15. The summed E-state index contributed by atoms with van der Waals surface area (Å²) in [5, 5.41) is 2.44. The van der Waals surface area contributed by atoms with Gasteiger partial charge >= 0.3 is 37.7 Å². The standard InChI is InChI=1S/C10H7.C6H5.2Li/c1-2-6-10-8-4-3-7-9(10)5-1;1-2-4-6-5-3-1;;/h1-7H;1-5H;;/q2*-1;2*+1. The van der Waals surface area contributed by atoms with Crippen molar-refractivity contribution in [2.24, 2.45) is 0 Å². The molecule has 0 saturated carbocycles. The van der Waals surface area contributed by atoms with Crippen LogP contribution in [0.1, 0.15) is 0 Å². The summed E-state index contributed by atoms with van der Waals surface area (Å²) in [6, 6.07) is 29.9. The summed E-state index contributed by atoms with van der Waals surface area (Å²) in [5.41, 5.74) is 0. The minimum atomic E-state index is 0.